The van der Waals surface area contributed by atoms with Gasteiger partial charge in [0.25, 0.3) is 0 Å². The Morgan fingerprint density at radius 2 is 0.893 bits per heavy atom. The van der Waals surface area contributed by atoms with Crippen molar-refractivity contribution in [2.75, 3.05) is 0 Å². The van der Waals surface area contributed by atoms with Crippen LogP contribution >= 0.6 is 0 Å². The first-order valence-corrected chi connectivity index (χ1v) is 13.6. The van der Waals surface area contributed by atoms with Gasteiger partial charge in [0.15, 0.2) is 0 Å². The molecule has 0 amide bonds. The third-order valence-electron chi connectivity index (χ3n) is 5.18. The van der Waals surface area contributed by atoms with Gasteiger partial charge in [0.1, 0.15) is 0 Å². The van der Waals surface area contributed by atoms with E-state index < -0.39 is 19.4 Å². The molecule has 148 valence electrons. The van der Waals surface area contributed by atoms with Gasteiger partial charge in [-0.2, -0.15) is 0 Å². The van der Waals surface area contributed by atoms with Gasteiger partial charge in [-0.3, -0.25) is 0 Å². The van der Waals surface area contributed by atoms with Crippen LogP contribution in [0.25, 0.3) is 22.3 Å². The average Bonchev–Trinajstić information content (AvgIpc) is 2.51. The summed E-state index contributed by atoms with van der Waals surface area (Å²) >= 11 is -5.21. The molecule has 0 spiro atoms. The van der Waals surface area contributed by atoms with E-state index in [2.05, 4.69) is 24.3 Å². The first-order valence-electron chi connectivity index (χ1n) is 9.31. The van der Waals surface area contributed by atoms with Crippen LogP contribution in [-0.4, -0.2) is 29.8 Å². The Balaban J connectivity index is 2.43. The first kappa shape index (κ1) is 21.0. The fourth-order valence-corrected chi connectivity index (χ4v) is 7.09. The van der Waals surface area contributed by atoms with E-state index in [-0.39, 0.29) is 0 Å². The van der Waals surface area contributed by atoms with Crippen LogP contribution in [-0.2, 0) is 0 Å². The van der Waals surface area contributed by atoms with Crippen LogP contribution < -0.4 is 3.61 Å². The van der Waals surface area contributed by atoms with Crippen LogP contribution in [0.2, 0.25) is 0 Å². The van der Waals surface area contributed by atoms with Crippen molar-refractivity contribution in [3.63, 3.8) is 0 Å². The average molecular weight is 492 g/mol. The maximum atomic E-state index is 10.5. The van der Waals surface area contributed by atoms with Gasteiger partial charge in [0.2, 0.25) is 0 Å². The van der Waals surface area contributed by atoms with Crippen molar-refractivity contribution in [1.29, 1.82) is 0 Å². The molecule has 3 aromatic rings. The summed E-state index contributed by atoms with van der Waals surface area (Å²) in [5.41, 5.74) is 9.87. The van der Waals surface area contributed by atoms with Crippen LogP contribution in [0, 0.1) is 41.5 Å². The Morgan fingerprint density at radius 3 is 1.18 bits per heavy atom. The second-order valence-electron chi connectivity index (χ2n) is 7.75. The molecule has 4 heteroatoms. The summed E-state index contributed by atoms with van der Waals surface area (Å²) in [6, 6.07) is 14.0. The fraction of sp³-hybridized carbons (Fsp3) is 0.250. The Hall–Kier alpha value is -1.67. The molecule has 0 saturated heterocycles. The number of benzene rings is 3. The van der Waals surface area contributed by atoms with E-state index in [1.807, 2.05) is 59.7 Å². The fourth-order valence-electron chi connectivity index (χ4n) is 4.44. The summed E-state index contributed by atoms with van der Waals surface area (Å²) in [5.74, 6) is 0. The van der Waals surface area contributed by atoms with Gasteiger partial charge >= 0.3 is 173 Å². The van der Waals surface area contributed by atoms with Crippen LogP contribution in [0.5, 0.6) is 0 Å². The molecule has 3 nitrogen and oxygen atoms in total. The van der Waals surface area contributed by atoms with Gasteiger partial charge in [0.05, 0.1) is 0 Å². The topological polar surface area (TPSA) is 60.7 Å². The summed E-state index contributed by atoms with van der Waals surface area (Å²) in [5, 5.41) is 0. The van der Waals surface area contributed by atoms with Crippen molar-refractivity contribution in [2.24, 2.45) is 0 Å². The summed E-state index contributed by atoms with van der Waals surface area (Å²) in [7, 11) is 0. The standard InChI is InChI=1S/C24H28O3Te/c1-14-10-16(3)22(17(4)11-14)20-8-7-9-21(24(20)28(25,26)27)23-18(5)12-15(2)13-19(23)6/h7-13,25-27H,1-6H3. The monoisotopic (exact) mass is 494 g/mol. The molecule has 0 bridgehead atoms. The molecule has 0 aromatic heterocycles. The van der Waals surface area contributed by atoms with Crippen molar-refractivity contribution in [3.05, 3.63) is 75.8 Å². The molecule has 0 radical (unpaired) electrons. The predicted octanol–water partition coefficient (Wildman–Crippen LogP) is 3.99. The summed E-state index contributed by atoms with van der Waals surface area (Å²) in [6.07, 6.45) is 0. The molecular formula is C24H28O3Te. The molecule has 3 aromatic carbocycles. The molecule has 0 aliphatic carbocycles. The van der Waals surface area contributed by atoms with E-state index in [0.717, 1.165) is 44.5 Å². The molecule has 3 rings (SSSR count). The van der Waals surface area contributed by atoms with Crippen molar-refractivity contribution in [3.8, 4) is 22.3 Å². The number of hydrogen-bond donors (Lipinski definition) is 3. The van der Waals surface area contributed by atoms with Crippen LogP contribution in [0.3, 0.4) is 0 Å². The quantitative estimate of drug-likeness (QED) is 0.485. The van der Waals surface area contributed by atoms with Crippen molar-refractivity contribution >= 4 is 23.0 Å². The number of hydrogen-bond acceptors (Lipinski definition) is 3. The van der Waals surface area contributed by atoms with Crippen LogP contribution in [0.4, 0.5) is 0 Å². The Bertz CT molecular complexity index is 940. The number of rotatable bonds is 3. The molecule has 0 saturated carbocycles. The van der Waals surface area contributed by atoms with Crippen molar-refractivity contribution in [2.45, 2.75) is 41.5 Å². The Kier molecular flexibility index (Phi) is 5.74. The normalized spacial score (nSPS) is 12.3. The number of aryl methyl sites for hydroxylation is 6. The molecule has 3 N–H and O–H groups in total. The minimum atomic E-state index is -5.21. The molecule has 0 fully saturated rings. The minimum absolute atomic E-state index is 0.301. The van der Waals surface area contributed by atoms with Crippen LogP contribution in [0.15, 0.2) is 42.5 Å². The predicted molar refractivity (Wildman–Crippen MR) is 118 cm³/mol. The zero-order valence-electron chi connectivity index (χ0n) is 17.3. The van der Waals surface area contributed by atoms with Gasteiger partial charge in [-0.05, 0) is 0 Å². The summed E-state index contributed by atoms with van der Waals surface area (Å²) in [6.45, 7) is 12.2. The van der Waals surface area contributed by atoms with E-state index in [4.69, 9.17) is 0 Å². The Labute approximate surface area is 172 Å². The van der Waals surface area contributed by atoms with Gasteiger partial charge in [0, 0.05) is 0 Å². The Morgan fingerprint density at radius 1 is 0.571 bits per heavy atom. The molecule has 28 heavy (non-hydrogen) atoms. The second kappa shape index (κ2) is 7.63. The van der Waals surface area contributed by atoms with E-state index in [1.54, 1.807) is 0 Å². The second-order valence-corrected chi connectivity index (χ2v) is 11.9. The van der Waals surface area contributed by atoms with E-state index >= 15 is 0 Å². The third-order valence-corrected chi connectivity index (χ3v) is 8.00. The molecule has 0 atom stereocenters. The molecule has 0 aliphatic heterocycles. The molecule has 0 heterocycles. The SMILES string of the molecule is Cc1cc(C)c(-c2cccc(-c3c(C)cc(C)cc3C)c2[Te](O)(O)O)c(C)c1. The van der Waals surface area contributed by atoms with Crippen molar-refractivity contribution < 1.29 is 10.4 Å². The van der Waals surface area contributed by atoms with Gasteiger partial charge in [-0.1, -0.05) is 0 Å². The van der Waals surface area contributed by atoms with Gasteiger partial charge in [-0.15, -0.1) is 0 Å². The van der Waals surface area contributed by atoms with E-state index in [9.17, 15) is 10.4 Å². The van der Waals surface area contributed by atoms with Gasteiger partial charge in [-0.25, -0.2) is 0 Å². The molecular weight excluding hydrogens is 464 g/mol. The van der Waals surface area contributed by atoms with Crippen LogP contribution in [0.1, 0.15) is 33.4 Å². The third kappa shape index (κ3) is 3.89. The zero-order chi connectivity index (χ0) is 20.8. The summed E-state index contributed by atoms with van der Waals surface area (Å²) in [4.78, 5) is 0. The zero-order valence-corrected chi connectivity index (χ0v) is 19.6. The van der Waals surface area contributed by atoms with E-state index in [1.165, 1.54) is 0 Å². The maximum absolute atomic E-state index is 10.5. The molecule has 0 aliphatic rings. The van der Waals surface area contributed by atoms with Gasteiger partial charge < -0.3 is 0 Å². The first-order chi connectivity index (χ1) is 13.0. The molecule has 0 unspecified atom stereocenters. The summed E-state index contributed by atoms with van der Waals surface area (Å²) < 4.78 is 31.9. The van der Waals surface area contributed by atoms with Crippen molar-refractivity contribution in [1.82, 2.24) is 0 Å². The van der Waals surface area contributed by atoms with E-state index in [0.29, 0.717) is 14.7 Å².